The van der Waals surface area contributed by atoms with Gasteiger partial charge in [0.05, 0.1) is 10.9 Å². The Morgan fingerprint density at radius 2 is 2.23 bits per heavy atom. The van der Waals surface area contributed by atoms with Crippen LogP contribution in [0.2, 0.25) is 5.02 Å². The average Bonchev–Trinajstić information content (AvgIpc) is 2.54. The van der Waals surface area contributed by atoms with E-state index in [9.17, 15) is 14.0 Å². The maximum Gasteiger partial charge on any atom is 0.253 e. The number of hydrogen-bond donors (Lipinski definition) is 2. The third kappa shape index (κ3) is 3.96. The largest absolute Gasteiger partial charge is 0.355 e. The van der Waals surface area contributed by atoms with Crippen LogP contribution in [0.15, 0.2) is 18.2 Å². The van der Waals surface area contributed by atoms with E-state index < -0.39 is 5.82 Å². The lowest BCUT2D eigenvalue weighted by Gasteiger charge is -2.32. The molecule has 1 aliphatic rings. The lowest BCUT2D eigenvalue weighted by molar-refractivity contribution is -0.126. The number of hydrogen-bond acceptors (Lipinski definition) is 3. The van der Waals surface area contributed by atoms with Gasteiger partial charge in [0.1, 0.15) is 5.82 Å². The first-order valence-electron chi connectivity index (χ1n) is 7.25. The van der Waals surface area contributed by atoms with E-state index >= 15 is 0 Å². The van der Waals surface area contributed by atoms with Crippen LogP contribution >= 0.6 is 11.6 Å². The predicted octanol–water partition coefficient (Wildman–Crippen LogP) is 1.41. The Morgan fingerprint density at radius 3 is 2.91 bits per heavy atom. The number of benzene rings is 1. The minimum absolute atomic E-state index is 0.0192. The first kappa shape index (κ1) is 16.7. The summed E-state index contributed by atoms with van der Waals surface area (Å²) in [5.41, 5.74) is 5.60. The van der Waals surface area contributed by atoms with E-state index in [0.717, 1.165) is 18.9 Å². The molecule has 1 fully saturated rings. The van der Waals surface area contributed by atoms with Gasteiger partial charge in [-0.05, 0) is 31.0 Å². The third-order valence-corrected chi connectivity index (χ3v) is 4.00. The van der Waals surface area contributed by atoms with E-state index in [1.165, 1.54) is 12.1 Å². The quantitative estimate of drug-likeness (QED) is 0.878. The smallest absolute Gasteiger partial charge is 0.253 e. The molecule has 7 heteroatoms. The van der Waals surface area contributed by atoms with Gasteiger partial charge in [-0.2, -0.15) is 0 Å². The van der Waals surface area contributed by atoms with Crippen molar-refractivity contribution in [3.63, 3.8) is 0 Å². The van der Waals surface area contributed by atoms with Gasteiger partial charge in [0.2, 0.25) is 5.91 Å². The fraction of sp³-hybridized carbons (Fsp3) is 0.467. The minimum Gasteiger partial charge on any atom is -0.355 e. The number of nitrogens with one attached hydrogen (secondary N) is 1. The van der Waals surface area contributed by atoms with Crippen LogP contribution in [-0.2, 0) is 4.79 Å². The summed E-state index contributed by atoms with van der Waals surface area (Å²) in [7, 11) is 0. The summed E-state index contributed by atoms with van der Waals surface area (Å²) >= 11 is 5.62. The number of nitrogens with two attached hydrogens (primary N) is 1. The highest BCUT2D eigenvalue weighted by Gasteiger charge is 2.28. The summed E-state index contributed by atoms with van der Waals surface area (Å²) in [6.07, 6.45) is 1.47. The number of carbonyl (C=O) groups excluding carboxylic acids is 2. The Kier molecular flexibility index (Phi) is 5.74. The van der Waals surface area contributed by atoms with E-state index in [2.05, 4.69) is 5.32 Å². The van der Waals surface area contributed by atoms with Gasteiger partial charge >= 0.3 is 0 Å². The molecule has 2 amide bonds. The Labute approximate surface area is 133 Å². The highest BCUT2D eigenvalue weighted by Crippen LogP contribution is 2.21. The van der Waals surface area contributed by atoms with E-state index in [4.69, 9.17) is 17.3 Å². The molecule has 1 aromatic rings. The number of carbonyl (C=O) groups is 2. The molecule has 22 heavy (non-hydrogen) atoms. The predicted molar refractivity (Wildman–Crippen MR) is 82.1 cm³/mol. The molecule has 0 spiro atoms. The molecule has 1 aromatic carbocycles. The molecular weight excluding hydrogens is 309 g/mol. The Morgan fingerprint density at radius 1 is 1.45 bits per heavy atom. The summed E-state index contributed by atoms with van der Waals surface area (Å²) in [4.78, 5) is 26.0. The number of piperidine rings is 1. The van der Waals surface area contributed by atoms with E-state index in [-0.39, 0.29) is 28.3 Å². The monoisotopic (exact) mass is 327 g/mol. The first-order chi connectivity index (χ1) is 10.5. The highest BCUT2D eigenvalue weighted by atomic mass is 35.5. The Balaban J connectivity index is 2.03. The summed E-state index contributed by atoms with van der Waals surface area (Å²) in [6, 6.07) is 3.98. The third-order valence-electron chi connectivity index (χ3n) is 3.69. The van der Waals surface area contributed by atoms with Crippen LogP contribution in [-0.4, -0.2) is 42.9 Å². The molecule has 3 N–H and O–H groups in total. The van der Waals surface area contributed by atoms with E-state index in [1.807, 2.05) is 0 Å². The molecule has 1 saturated heterocycles. The number of nitrogens with zero attached hydrogens (tertiary/aromatic N) is 1. The molecule has 5 nitrogen and oxygen atoms in total. The fourth-order valence-corrected chi connectivity index (χ4v) is 2.64. The van der Waals surface area contributed by atoms with Crippen molar-refractivity contribution in [3.8, 4) is 0 Å². The minimum atomic E-state index is -0.623. The van der Waals surface area contributed by atoms with Crippen LogP contribution in [0.3, 0.4) is 0 Å². The summed E-state index contributed by atoms with van der Waals surface area (Å²) in [6.45, 7) is 1.69. The standard InChI is InChI=1S/C15H19ClFN3O2/c16-12-4-3-10(8-13(12)17)15(22)20-7-1-2-11(9-20)14(21)19-6-5-18/h3-4,8,11H,1-2,5-7,9,18H2,(H,19,21). The summed E-state index contributed by atoms with van der Waals surface area (Å²) in [5.74, 6) is -1.25. The van der Waals surface area contributed by atoms with Gasteiger partial charge in [-0.1, -0.05) is 11.6 Å². The van der Waals surface area contributed by atoms with Crippen molar-refractivity contribution in [2.45, 2.75) is 12.8 Å². The molecule has 1 atom stereocenters. The van der Waals surface area contributed by atoms with Crippen molar-refractivity contribution >= 4 is 23.4 Å². The second-order valence-corrected chi connectivity index (χ2v) is 5.71. The van der Waals surface area contributed by atoms with E-state index in [1.54, 1.807) is 4.90 Å². The van der Waals surface area contributed by atoms with Crippen molar-refractivity contribution in [3.05, 3.63) is 34.6 Å². The van der Waals surface area contributed by atoms with E-state index in [0.29, 0.717) is 26.2 Å². The van der Waals surface area contributed by atoms with Crippen LogP contribution in [0.25, 0.3) is 0 Å². The van der Waals surface area contributed by atoms with Gasteiger partial charge in [-0.3, -0.25) is 9.59 Å². The molecule has 0 bridgehead atoms. The second-order valence-electron chi connectivity index (χ2n) is 5.30. The van der Waals surface area contributed by atoms with Crippen molar-refractivity contribution in [2.24, 2.45) is 11.7 Å². The van der Waals surface area contributed by atoms with Crippen molar-refractivity contribution in [1.82, 2.24) is 10.2 Å². The lowest BCUT2D eigenvalue weighted by Crippen LogP contribution is -2.46. The van der Waals surface area contributed by atoms with Gasteiger partial charge in [0.15, 0.2) is 0 Å². The van der Waals surface area contributed by atoms with Crippen LogP contribution in [0.5, 0.6) is 0 Å². The molecule has 0 radical (unpaired) electrons. The van der Waals surface area contributed by atoms with Crippen molar-refractivity contribution < 1.29 is 14.0 Å². The summed E-state index contributed by atoms with van der Waals surface area (Å²) in [5, 5.41) is 2.72. The molecular formula is C15H19ClFN3O2. The molecule has 1 unspecified atom stereocenters. The zero-order valence-corrected chi connectivity index (χ0v) is 12.9. The molecule has 2 rings (SSSR count). The number of rotatable bonds is 4. The van der Waals surface area contributed by atoms with Gasteiger partial charge < -0.3 is 16.0 Å². The van der Waals surface area contributed by atoms with Gasteiger partial charge in [0, 0.05) is 31.7 Å². The topological polar surface area (TPSA) is 75.4 Å². The Bertz CT molecular complexity index is 568. The highest BCUT2D eigenvalue weighted by molar-refractivity contribution is 6.30. The molecule has 1 heterocycles. The molecule has 0 saturated carbocycles. The molecule has 0 aliphatic carbocycles. The average molecular weight is 328 g/mol. The fourth-order valence-electron chi connectivity index (χ4n) is 2.53. The second kappa shape index (κ2) is 7.56. The van der Waals surface area contributed by atoms with Crippen molar-refractivity contribution in [1.29, 1.82) is 0 Å². The lowest BCUT2D eigenvalue weighted by atomic mass is 9.96. The van der Waals surface area contributed by atoms with Gasteiger partial charge in [-0.25, -0.2) is 4.39 Å². The van der Waals surface area contributed by atoms with Gasteiger partial charge in [0.25, 0.3) is 5.91 Å². The zero-order valence-electron chi connectivity index (χ0n) is 12.1. The summed E-state index contributed by atoms with van der Waals surface area (Å²) < 4.78 is 13.5. The number of likely N-dealkylation sites (tertiary alicyclic amines) is 1. The molecule has 0 aromatic heterocycles. The van der Waals surface area contributed by atoms with Crippen LogP contribution in [0, 0.1) is 11.7 Å². The maximum absolute atomic E-state index is 13.5. The number of halogens is 2. The van der Waals surface area contributed by atoms with Crippen molar-refractivity contribution in [2.75, 3.05) is 26.2 Å². The van der Waals surface area contributed by atoms with Crippen LogP contribution < -0.4 is 11.1 Å². The zero-order chi connectivity index (χ0) is 16.1. The normalized spacial score (nSPS) is 18.1. The first-order valence-corrected chi connectivity index (χ1v) is 7.63. The van der Waals surface area contributed by atoms with Crippen LogP contribution in [0.1, 0.15) is 23.2 Å². The maximum atomic E-state index is 13.5. The Hall–Kier alpha value is -1.66. The van der Waals surface area contributed by atoms with Crippen LogP contribution in [0.4, 0.5) is 4.39 Å². The SMILES string of the molecule is NCCNC(=O)C1CCCN(C(=O)c2ccc(Cl)c(F)c2)C1. The molecule has 1 aliphatic heterocycles. The van der Waals surface area contributed by atoms with Gasteiger partial charge in [-0.15, -0.1) is 0 Å². The molecule has 120 valence electrons. The number of amides is 2.